The molecule has 0 radical (unpaired) electrons. The Morgan fingerprint density at radius 1 is 1.58 bits per heavy atom. The van der Waals surface area contributed by atoms with E-state index in [1.165, 1.54) is 31.0 Å². The van der Waals surface area contributed by atoms with Gasteiger partial charge in [-0.25, -0.2) is 4.98 Å². The molecule has 1 aromatic rings. The lowest BCUT2D eigenvalue weighted by Gasteiger charge is -2.24. The van der Waals surface area contributed by atoms with Crippen LogP contribution in [0.3, 0.4) is 0 Å². The Bertz CT molecular complexity index is 458. The van der Waals surface area contributed by atoms with E-state index in [1.807, 2.05) is 6.20 Å². The van der Waals surface area contributed by atoms with Gasteiger partial charge in [0.05, 0.1) is 5.75 Å². The van der Waals surface area contributed by atoms with Crippen molar-refractivity contribution in [1.82, 2.24) is 9.55 Å². The van der Waals surface area contributed by atoms with Crippen LogP contribution in [0.1, 0.15) is 44.8 Å². The number of rotatable bonds is 5. The smallest absolute Gasteiger partial charge is 0.313 e. The summed E-state index contributed by atoms with van der Waals surface area (Å²) < 4.78 is 2.26. The van der Waals surface area contributed by atoms with E-state index >= 15 is 0 Å². The minimum atomic E-state index is -0.789. The lowest BCUT2D eigenvalue weighted by Crippen LogP contribution is -2.17. The first-order valence-electron chi connectivity index (χ1n) is 6.93. The molecule has 0 spiro atoms. The van der Waals surface area contributed by atoms with Crippen molar-refractivity contribution >= 4 is 17.7 Å². The van der Waals surface area contributed by atoms with E-state index in [4.69, 9.17) is 5.11 Å². The van der Waals surface area contributed by atoms with Crippen molar-refractivity contribution in [3.05, 3.63) is 11.9 Å². The first kappa shape index (κ1) is 14.4. The van der Waals surface area contributed by atoms with E-state index in [0.29, 0.717) is 12.0 Å². The molecule has 0 aliphatic heterocycles. The Kier molecular flexibility index (Phi) is 4.55. The van der Waals surface area contributed by atoms with Crippen molar-refractivity contribution in [3.63, 3.8) is 0 Å². The molecule has 3 unspecified atom stereocenters. The molecule has 1 aromatic heterocycles. The minimum absolute atomic E-state index is 0.0781. The number of imidazole rings is 1. The highest BCUT2D eigenvalue weighted by Gasteiger charge is 2.34. The van der Waals surface area contributed by atoms with Crippen LogP contribution in [-0.4, -0.2) is 26.4 Å². The monoisotopic (exact) mass is 282 g/mol. The number of thioether (sulfide) groups is 1. The molecular formula is C14H22N2O2S. The van der Waals surface area contributed by atoms with E-state index < -0.39 is 5.97 Å². The SMILES string of the molecule is CCC1CCC(n2c(C)cnc2SCC(=O)O)C1C. The van der Waals surface area contributed by atoms with Gasteiger partial charge in [-0.3, -0.25) is 4.79 Å². The van der Waals surface area contributed by atoms with Gasteiger partial charge >= 0.3 is 5.97 Å². The summed E-state index contributed by atoms with van der Waals surface area (Å²) >= 11 is 1.33. The first-order chi connectivity index (χ1) is 9.04. The average Bonchev–Trinajstić information content (AvgIpc) is 2.90. The Morgan fingerprint density at radius 3 is 2.89 bits per heavy atom. The zero-order chi connectivity index (χ0) is 14.0. The fourth-order valence-corrected chi connectivity index (χ4v) is 4.02. The van der Waals surface area contributed by atoms with Crippen LogP contribution in [0.25, 0.3) is 0 Å². The minimum Gasteiger partial charge on any atom is -0.481 e. The van der Waals surface area contributed by atoms with Gasteiger partial charge in [0.15, 0.2) is 5.16 Å². The molecule has 0 amide bonds. The van der Waals surface area contributed by atoms with Crippen LogP contribution in [-0.2, 0) is 4.79 Å². The van der Waals surface area contributed by atoms with Gasteiger partial charge in [-0.1, -0.05) is 32.0 Å². The zero-order valence-electron chi connectivity index (χ0n) is 11.8. The van der Waals surface area contributed by atoms with Gasteiger partial charge in [-0.2, -0.15) is 0 Å². The molecule has 1 fully saturated rings. The second-order valence-corrected chi connectivity index (χ2v) is 6.35. The molecule has 5 heteroatoms. The number of carboxylic acid groups (broad SMARTS) is 1. The zero-order valence-corrected chi connectivity index (χ0v) is 12.6. The van der Waals surface area contributed by atoms with Crippen molar-refractivity contribution in [2.45, 2.75) is 51.2 Å². The molecule has 0 saturated heterocycles. The van der Waals surface area contributed by atoms with E-state index in [9.17, 15) is 4.79 Å². The van der Waals surface area contributed by atoms with Crippen LogP contribution in [0.2, 0.25) is 0 Å². The molecular weight excluding hydrogens is 260 g/mol. The quantitative estimate of drug-likeness (QED) is 0.841. The van der Waals surface area contributed by atoms with E-state index in [2.05, 4.69) is 30.3 Å². The van der Waals surface area contributed by atoms with Crippen LogP contribution in [0.4, 0.5) is 0 Å². The van der Waals surface area contributed by atoms with E-state index in [-0.39, 0.29) is 5.75 Å². The molecule has 106 valence electrons. The number of hydrogen-bond donors (Lipinski definition) is 1. The second kappa shape index (κ2) is 5.99. The van der Waals surface area contributed by atoms with E-state index in [1.54, 1.807) is 0 Å². The summed E-state index contributed by atoms with van der Waals surface area (Å²) in [4.78, 5) is 15.1. The maximum atomic E-state index is 10.7. The summed E-state index contributed by atoms with van der Waals surface area (Å²) in [5.41, 5.74) is 1.14. The number of nitrogens with zero attached hydrogens (tertiary/aromatic N) is 2. The number of aliphatic carboxylic acids is 1. The third-order valence-corrected chi connectivity index (χ3v) is 5.26. The molecule has 1 aliphatic carbocycles. The summed E-state index contributed by atoms with van der Waals surface area (Å²) in [7, 11) is 0. The highest BCUT2D eigenvalue weighted by atomic mass is 32.2. The molecule has 19 heavy (non-hydrogen) atoms. The second-order valence-electron chi connectivity index (χ2n) is 5.41. The molecule has 1 heterocycles. The van der Waals surface area contributed by atoms with Crippen molar-refractivity contribution in [1.29, 1.82) is 0 Å². The highest BCUT2D eigenvalue weighted by Crippen LogP contribution is 2.43. The van der Waals surface area contributed by atoms with Gasteiger partial charge in [0.2, 0.25) is 0 Å². The molecule has 4 nitrogen and oxygen atoms in total. The molecule has 0 bridgehead atoms. The molecule has 3 atom stereocenters. The lowest BCUT2D eigenvalue weighted by molar-refractivity contribution is -0.133. The van der Waals surface area contributed by atoms with Crippen LogP contribution in [0.5, 0.6) is 0 Å². The van der Waals surface area contributed by atoms with Gasteiger partial charge in [0.25, 0.3) is 0 Å². The Balaban J connectivity index is 2.19. The number of aryl methyl sites for hydroxylation is 1. The van der Waals surface area contributed by atoms with Crippen molar-refractivity contribution in [2.75, 3.05) is 5.75 Å². The molecule has 1 N–H and O–H groups in total. The summed E-state index contributed by atoms with van der Waals surface area (Å²) in [6, 6.07) is 0.476. The molecule has 2 rings (SSSR count). The van der Waals surface area contributed by atoms with Crippen LogP contribution < -0.4 is 0 Å². The lowest BCUT2D eigenvalue weighted by atomic mass is 9.93. The highest BCUT2D eigenvalue weighted by molar-refractivity contribution is 7.99. The normalized spacial score (nSPS) is 26.8. The third kappa shape index (κ3) is 2.96. The fourth-order valence-electron chi connectivity index (χ4n) is 3.23. The first-order valence-corrected chi connectivity index (χ1v) is 7.91. The number of carbonyl (C=O) groups is 1. The van der Waals surface area contributed by atoms with Crippen molar-refractivity contribution in [3.8, 4) is 0 Å². The Labute approximate surface area is 118 Å². The van der Waals surface area contributed by atoms with Crippen molar-refractivity contribution < 1.29 is 9.90 Å². The predicted octanol–water partition coefficient (Wildman–Crippen LogP) is 3.37. The fraction of sp³-hybridized carbons (Fsp3) is 0.714. The third-order valence-electron chi connectivity index (χ3n) is 4.31. The van der Waals surface area contributed by atoms with Crippen LogP contribution >= 0.6 is 11.8 Å². The maximum absolute atomic E-state index is 10.7. The summed E-state index contributed by atoms with van der Waals surface area (Å²) in [6.45, 7) is 6.63. The predicted molar refractivity (Wildman–Crippen MR) is 76.5 cm³/mol. The van der Waals surface area contributed by atoms with E-state index in [0.717, 1.165) is 16.8 Å². The van der Waals surface area contributed by atoms with Crippen molar-refractivity contribution in [2.24, 2.45) is 11.8 Å². The summed E-state index contributed by atoms with van der Waals surface area (Å²) in [5, 5.41) is 9.67. The van der Waals surface area contributed by atoms with Gasteiger partial charge in [-0.05, 0) is 31.6 Å². The summed E-state index contributed by atoms with van der Waals surface area (Å²) in [5.74, 6) is 0.712. The number of hydrogen-bond acceptors (Lipinski definition) is 3. The van der Waals surface area contributed by atoms with Crippen LogP contribution in [0, 0.1) is 18.8 Å². The van der Waals surface area contributed by atoms with Crippen LogP contribution in [0.15, 0.2) is 11.4 Å². The molecule has 1 aliphatic rings. The topological polar surface area (TPSA) is 55.1 Å². The molecule has 1 saturated carbocycles. The average molecular weight is 282 g/mol. The number of carboxylic acids is 1. The van der Waals surface area contributed by atoms with Gasteiger partial charge in [0.1, 0.15) is 0 Å². The maximum Gasteiger partial charge on any atom is 0.313 e. The van der Waals surface area contributed by atoms with Gasteiger partial charge in [-0.15, -0.1) is 0 Å². The largest absolute Gasteiger partial charge is 0.481 e. The van der Waals surface area contributed by atoms with Gasteiger partial charge < -0.3 is 9.67 Å². The molecule has 0 aromatic carbocycles. The standard InChI is InChI=1S/C14H22N2O2S/c1-4-11-5-6-12(10(11)3)16-9(2)7-15-14(16)19-8-13(17)18/h7,10-12H,4-6,8H2,1-3H3,(H,17,18). The Morgan fingerprint density at radius 2 is 2.32 bits per heavy atom. The Hall–Kier alpha value is -0.970. The van der Waals surface area contributed by atoms with Gasteiger partial charge in [0, 0.05) is 17.9 Å². The summed E-state index contributed by atoms with van der Waals surface area (Å²) in [6.07, 6.45) is 5.53. The number of aromatic nitrogens is 2.